The number of rotatable bonds is 4. The molecule has 3 amide bonds. The summed E-state index contributed by atoms with van der Waals surface area (Å²) in [6.07, 6.45) is 3.94. The van der Waals surface area contributed by atoms with Crippen LogP contribution in [0.4, 0.5) is 4.79 Å². The van der Waals surface area contributed by atoms with Gasteiger partial charge in [-0.15, -0.1) is 0 Å². The number of carbonyl (C=O) groups is 2. The number of urea groups is 1. The minimum absolute atomic E-state index is 0.0320. The Morgan fingerprint density at radius 2 is 2.00 bits per heavy atom. The van der Waals surface area contributed by atoms with Crippen molar-refractivity contribution in [2.24, 2.45) is 5.73 Å². The van der Waals surface area contributed by atoms with E-state index in [0.717, 1.165) is 32.2 Å². The molecule has 1 saturated heterocycles. The van der Waals surface area contributed by atoms with Crippen molar-refractivity contribution in [3.8, 4) is 0 Å². The minimum atomic E-state index is -0.541. The highest BCUT2D eigenvalue weighted by Gasteiger charge is 2.27. The minimum Gasteiger partial charge on any atom is -0.352 e. The van der Waals surface area contributed by atoms with E-state index in [4.69, 9.17) is 5.73 Å². The second-order valence-corrected chi connectivity index (χ2v) is 5.44. The monoisotopic (exact) mass is 289 g/mol. The number of hydrogen-bond acceptors (Lipinski definition) is 2. The van der Waals surface area contributed by atoms with Crippen molar-refractivity contribution < 1.29 is 9.59 Å². The number of amides is 3. The molecule has 0 saturated carbocycles. The van der Waals surface area contributed by atoms with Gasteiger partial charge in [0.15, 0.2) is 0 Å². The van der Waals surface area contributed by atoms with Crippen molar-refractivity contribution in [1.82, 2.24) is 10.2 Å². The molecule has 21 heavy (non-hydrogen) atoms. The maximum absolute atomic E-state index is 12.6. The summed E-state index contributed by atoms with van der Waals surface area (Å²) < 4.78 is 0. The van der Waals surface area contributed by atoms with E-state index in [2.05, 4.69) is 12.2 Å². The van der Waals surface area contributed by atoms with E-state index in [1.807, 2.05) is 29.2 Å². The van der Waals surface area contributed by atoms with Crippen LogP contribution >= 0.6 is 0 Å². The molecule has 3 N–H and O–H groups in total. The summed E-state index contributed by atoms with van der Waals surface area (Å²) in [5, 5.41) is 2.61. The number of nitrogens with two attached hydrogens (primary N) is 1. The summed E-state index contributed by atoms with van der Waals surface area (Å²) in [7, 11) is 0. The smallest absolute Gasteiger partial charge is 0.312 e. The lowest BCUT2D eigenvalue weighted by Crippen LogP contribution is -2.50. The van der Waals surface area contributed by atoms with Gasteiger partial charge in [-0.05, 0) is 43.4 Å². The Morgan fingerprint density at radius 3 is 2.62 bits per heavy atom. The summed E-state index contributed by atoms with van der Waals surface area (Å²) in [6.45, 7) is 3.25. The van der Waals surface area contributed by atoms with E-state index in [0.29, 0.717) is 12.1 Å². The molecule has 1 aliphatic heterocycles. The largest absolute Gasteiger partial charge is 0.352 e. The van der Waals surface area contributed by atoms with Gasteiger partial charge in [0.25, 0.3) is 5.91 Å². The molecule has 5 nitrogen and oxygen atoms in total. The molecule has 2 rings (SSSR count). The van der Waals surface area contributed by atoms with Crippen molar-refractivity contribution >= 4 is 11.9 Å². The van der Waals surface area contributed by atoms with E-state index in [-0.39, 0.29) is 11.9 Å². The quantitative estimate of drug-likeness (QED) is 0.888. The van der Waals surface area contributed by atoms with Gasteiger partial charge >= 0.3 is 6.03 Å². The maximum atomic E-state index is 12.6. The topological polar surface area (TPSA) is 75.4 Å². The molecule has 1 aromatic rings. The van der Waals surface area contributed by atoms with Crippen LogP contribution in [-0.4, -0.2) is 36.0 Å². The normalized spacial score (nSPS) is 18.3. The van der Waals surface area contributed by atoms with Crippen LogP contribution in [0.2, 0.25) is 0 Å². The first kappa shape index (κ1) is 15.4. The van der Waals surface area contributed by atoms with E-state index >= 15 is 0 Å². The van der Waals surface area contributed by atoms with Crippen molar-refractivity contribution in [1.29, 1.82) is 0 Å². The van der Waals surface area contributed by atoms with E-state index < -0.39 is 6.03 Å². The molecular formula is C16H23N3O2. The highest BCUT2D eigenvalue weighted by molar-refractivity contribution is 5.94. The molecule has 1 atom stereocenters. The average molecular weight is 289 g/mol. The third-order valence-electron chi connectivity index (χ3n) is 4.01. The fourth-order valence-corrected chi connectivity index (χ4v) is 2.75. The molecule has 0 bridgehead atoms. The Morgan fingerprint density at radius 1 is 1.29 bits per heavy atom. The number of primary amides is 1. The second-order valence-electron chi connectivity index (χ2n) is 5.44. The molecular weight excluding hydrogens is 266 g/mol. The molecule has 0 unspecified atom stereocenters. The number of likely N-dealkylation sites (tertiary alicyclic amines) is 1. The molecule has 0 radical (unpaired) electrons. The molecule has 0 spiro atoms. The SMILES string of the molecule is CCc1ccc(C(=O)N2CCCC[C@@H]2CNC(N)=O)cc1. The third kappa shape index (κ3) is 3.97. The van der Waals surface area contributed by atoms with Gasteiger partial charge in [-0.2, -0.15) is 0 Å². The van der Waals surface area contributed by atoms with Crippen LogP contribution in [0.1, 0.15) is 42.1 Å². The predicted molar refractivity (Wildman–Crippen MR) is 82.1 cm³/mol. The van der Waals surface area contributed by atoms with Crippen LogP contribution in [0.5, 0.6) is 0 Å². The van der Waals surface area contributed by atoms with E-state index in [1.165, 1.54) is 5.56 Å². The van der Waals surface area contributed by atoms with Crippen molar-refractivity contribution in [3.05, 3.63) is 35.4 Å². The predicted octanol–water partition coefficient (Wildman–Crippen LogP) is 1.91. The van der Waals surface area contributed by atoms with Crippen LogP contribution in [-0.2, 0) is 6.42 Å². The van der Waals surface area contributed by atoms with Crippen LogP contribution in [0.15, 0.2) is 24.3 Å². The third-order valence-corrected chi connectivity index (χ3v) is 4.01. The zero-order valence-corrected chi connectivity index (χ0v) is 12.5. The lowest BCUT2D eigenvalue weighted by Gasteiger charge is -2.35. The first-order chi connectivity index (χ1) is 10.1. The van der Waals surface area contributed by atoms with Crippen LogP contribution < -0.4 is 11.1 Å². The van der Waals surface area contributed by atoms with Gasteiger partial charge in [0.1, 0.15) is 0 Å². The van der Waals surface area contributed by atoms with Gasteiger partial charge < -0.3 is 16.0 Å². The molecule has 0 aliphatic carbocycles. The number of nitrogens with one attached hydrogen (secondary N) is 1. The van der Waals surface area contributed by atoms with Gasteiger partial charge in [0.2, 0.25) is 0 Å². The second kappa shape index (κ2) is 7.11. The van der Waals surface area contributed by atoms with Crippen molar-refractivity contribution in [2.45, 2.75) is 38.6 Å². The van der Waals surface area contributed by atoms with Crippen LogP contribution in [0.3, 0.4) is 0 Å². The first-order valence-electron chi connectivity index (χ1n) is 7.55. The standard InChI is InChI=1S/C16H23N3O2/c1-2-12-6-8-13(9-7-12)15(20)19-10-4-3-5-14(19)11-18-16(17)21/h6-9,14H,2-5,10-11H2,1H3,(H3,17,18,21)/t14-/m1/s1. The average Bonchev–Trinajstić information content (AvgIpc) is 2.52. The Kier molecular flexibility index (Phi) is 5.20. The number of aryl methyl sites for hydroxylation is 1. The molecule has 5 heteroatoms. The van der Waals surface area contributed by atoms with Gasteiger partial charge in [-0.3, -0.25) is 4.79 Å². The van der Waals surface area contributed by atoms with Gasteiger partial charge in [-0.1, -0.05) is 19.1 Å². The Hall–Kier alpha value is -2.04. The van der Waals surface area contributed by atoms with Gasteiger partial charge in [0, 0.05) is 24.7 Å². The number of hydrogen-bond donors (Lipinski definition) is 2. The summed E-state index contributed by atoms with van der Waals surface area (Å²) in [6, 6.07) is 7.24. The Balaban J connectivity index is 2.08. The number of carbonyl (C=O) groups excluding carboxylic acids is 2. The lowest BCUT2D eigenvalue weighted by atomic mass is 10.00. The Bertz CT molecular complexity index is 499. The first-order valence-corrected chi connectivity index (χ1v) is 7.55. The molecule has 0 aromatic heterocycles. The maximum Gasteiger partial charge on any atom is 0.312 e. The zero-order valence-electron chi connectivity index (χ0n) is 12.5. The summed E-state index contributed by atoms with van der Waals surface area (Å²) in [4.78, 5) is 25.4. The lowest BCUT2D eigenvalue weighted by molar-refractivity contribution is 0.0615. The summed E-state index contributed by atoms with van der Waals surface area (Å²) >= 11 is 0. The number of piperidine rings is 1. The highest BCUT2D eigenvalue weighted by Crippen LogP contribution is 2.19. The Labute approximate surface area is 125 Å². The van der Waals surface area contributed by atoms with E-state index in [1.54, 1.807) is 0 Å². The van der Waals surface area contributed by atoms with Crippen molar-refractivity contribution in [2.75, 3.05) is 13.1 Å². The molecule has 1 aliphatic rings. The zero-order chi connectivity index (χ0) is 15.2. The van der Waals surface area contributed by atoms with E-state index in [9.17, 15) is 9.59 Å². The molecule has 114 valence electrons. The summed E-state index contributed by atoms with van der Waals surface area (Å²) in [5.74, 6) is 0.0358. The fourth-order valence-electron chi connectivity index (χ4n) is 2.75. The molecule has 1 heterocycles. The molecule has 1 aromatic carbocycles. The van der Waals surface area contributed by atoms with Crippen molar-refractivity contribution in [3.63, 3.8) is 0 Å². The number of nitrogens with zero attached hydrogens (tertiary/aromatic N) is 1. The molecule has 1 fully saturated rings. The number of benzene rings is 1. The van der Waals surface area contributed by atoms with Gasteiger partial charge in [0.05, 0.1) is 0 Å². The van der Waals surface area contributed by atoms with Crippen LogP contribution in [0.25, 0.3) is 0 Å². The van der Waals surface area contributed by atoms with Crippen LogP contribution in [0, 0.1) is 0 Å². The highest BCUT2D eigenvalue weighted by atomic mass is 16.2. The van der Waals surface area contributed by atoms with Gasteiger partial charge in [-0.25, -0.2) is 4.79 Å². The fraction of sp³-hybridized carbons (Fsp3) is 0.500. The summed E-state index contributed by atoms with van der Waals surface area (Å²) in [5.41, 5.74) is 7.05.